The van der Waals surface area contributed by atoms with Crippen molar-refractivity contribution in [3.05, 3.63) is 29.3 Å². The Kier molecular flexibility index (Phi) is 4.15. The Labute approximate surface area is 115 Å². The van der Waals surface area contributed by atoms with E-state index in [1.165, 1.54) is 0 Å². The Bertz CT molecular complexity index is 533. The fourth-order valence-corrected chi connectivity index (χ4v) is 2.15. The lowest BCUT2D eigenvalue weighted by Crippen LogP contribution is -2.33. The van der Waals surface area contributed by atoms with E-state index in [-0.39, 0.29) is 17.9 Å². The van der Waals surface area contributed by atoms with Crippen LogP contribution in [0.5, 0.6) is 5.75 Å². The van der Waals surface area contributed by atoms with Crippen LogP contribution < -0.4 is 4.74 Å². The minimum atomic E-state index is 0.0417. The summed E-state index contributed by atoms with van der Waals surface area (Å²) >= 11 is 0. The smallest absolute Gasteiger partial charge is 0.124 e. The van der Waals surface area contributed by atoms with Gasteiger partial charge in [-0.15, -0.1) is 18.8 Å². The average Bonchev–Trinajstić information content (AvgIpc) is 2.45. The predicted molar refractivity (Wildman–Crippen MR) is 76.0 cm³/mol. The van der Waals surface area contributed by atoms with Gasteiger partial charge in [0.05, 0.1) is 12.7 Å². The van der Waals surface area contributed by atoms with Crippen LogP contribution in [0.2, 0.25) is 0 Å². The van der Waals surface area contributed by atoms with Crippen molar-refractivity contribution in [1.29, 1.82) is 0 Å². The lowest BCUT2D eigenvalue weighted by Gasteiger charge is -2.31. The van der Waals surface area contributed by atoms with Crippen LogP contribution in [-0.4, -0.2) is 19.3 Å². The zero-order valence-electron chi connectivity index (χ0n) is 11.3. The number of rotatable bonds is 3. The molecule has 0 unspecified atom stereocenters. The highest BCUT2D eigenvalue weighted by Gasteiger charge is 2.28. The summed E-state index contributed by atoms with van der Waals surface area (Å²) in [6, 6.07) is 5.87. The molecule has 0 aromatic heterocycles. The number of fused-ring (bicyclic) bond motifs is 1. The van der Waals surface area contributed by atoms with Gasteiger partial charge in [-0.3, -0.25) is 0 Å². The molecule has 0 N–H and O–H groups in total. The summed E-state index contributed by atoms with van der Waals surface area (Å²) in [7, 11) is 0. The molecular weight excluding hydrogens is 236 g/mol. The molecule has 0 amide bonds. The van der Waals surface area contributed by atoms with Gasteiger partial charge >= 0.3 is 0 Å². The number of hydrogen-bond acceptors (Lipinski definition) is 2. The number of terminal acetylenes is 2. The standard InChI is InChI=1S/C17H18O2/c1-5-12(3)10-18-17-11-19-16-9-14(6-2)7-8-15(16)13(17)4/h1-2,7-9,12-13,17H,10-11H2,3-4H3/t12-,13+,17-/m1/s1. The first-order chi connectivity index (χ1) is 9.15. The normalized spacial score (nSPS) is 22.5. The molecular formula is C17H18O2. The van der Waals surface area contributed by atoms with Gasteiger partial charge in [-0.2, -0.15) is 0 Å². The maximum Gasteiger partial charge on any atom is 0.124 e. The third-order valence-corrected chi connectivity index (χ3v) is 3.48. The van der Waals surface area contributed by atoms with E-state index in [1.54, 1.807) is 0 Å². The van der Waals surface area contributed by atoms with Crippen molar-refractivity contribution in [2.45, 2.75) is 25.9 Å². The Hall–Kier alpha value is -1.90. The van der Waals surface area contributed by atoms with Crippen molar-refractivity contribution in [2.24, 2.45) is 5.92 Å². The molecule has 0 bridgehead atoms. The SMILES string of the molecule is C#Cc1ccc2c(c1)OC[C@@H](OC[C@H](C)C#C)[C@H]2C. The number of benzene rings is 1. The molecule has 1 aliphatic heterocycles. The van der Waals surface area contributed by atoms with Crippen molar-refractivity contribution >= 4 is 0 Å². The molecule has 0 spiro atoms. The molecule has 2 heteroatoms. The highest BCUT2D eigenvalue weighted by atomic mass is 16.5. The minimum absolute atomic E-state index is 0.0417. The van der Waals surface area contributed by atoms with Crippen molar-refractivity contribution in [3.63, 3.8) is 0 Å². The van der Waals surface area contributed by atoms with E-state index in [1.807, 2.05) is 25.1 Å². The second-order valence-electron chi connectivity index (χ2n) is 4.94. The molecule has 0 radical (unpaired) electrons. The van der Waals surface area contributed by atoms with E-state index in [2.05, 4.69) is 18.8 Å². The van der Waals surface area contributed by atoms with Crippen LogP contribution in [0.15, 0.2) is 18.2 Å². The molecule has 1 heterocycles. The van der Waals surface area contributed by atoms with Crippen LogP contribution in [0.3, 0.4) is 0 Å². The Morgan fingerprint density at radius 1 is 1.47 bits per heavy atom. The summed E-state index contributed by atoms with van der Waals surface area (Å²) in [4.78, 5) is 0. The Balaban J connectivity index is 2.10. The van der Waals surface area contributed by atoms with Crippen molar-refractivity contribution in [2.75, 3.05) is 13.2 Å². The summed E-state index contributed by atoms with van der Waals surface area (Å²) in [5.74, 6) is 6.55. The molecule has 0 saturated heterocycles. The molecule has 98 valence electrons. The number of hydrogen-bond donors (Lipinski definition) is 0. The summed E-state index contributed by atoms with van der Waals surface area (Å²) in [6.45, 7) is 5.22. The highest BCUT2D eigenvalue weighted by Crippen LogP contribution is 2.35. The second kappa shape index (κ2) is 5.83. The Morgan fingerprint density at radius 3 is 2.95 bits per heavy atom. The van der Waals surface area contributed by atoms with Crippen LogP contribution in [0.1, 0.15) is 30.9 Å². The molecule has 1 aromatic carbocycles. The van der Waals surface area contributed by atoms with E-state index >= 15 is 0 Å². The largest absolute Gasteiger partial charge is 0.491 e. The third-order valence-electron chi connectivity index (χ3n) is 3.48. The summed E-state index contributed by atoms with van der Waals surface area (Å²) < 4.78 is 11.6. The van der Waals surface area contributed by atoms with Crippen LogP contribution in [0.4, 0.5) is 0 Å². The minimum Gasteiger partial charge on any atom is -0.491 e. The van der Waals surface area contributed by atoms with Gasteiger partial charge in [0, 0.05) is 17.4 Å². The predicted octanol–water partition coefficient (Wildman–Crippen LogP) is 2.82. The van der Waals surface area contributed by atoms with E-state index in [9.17, 15) is 0 Å². The van der Waals surface area contributed by atoms with Gasteiger partial charge in [0.1, 0.15) is 12.4 Å². The highest BCUT2D eigenvalue weighted by molar-refractivity contribution is 5.46. The lowest BCUT2D eigenvalue weighted by atomic mass is 9.91. The lowest BCUT2D eigenvalue weighted by molar-refractivity contribution is -0.0115. The topological polar surface area (TPSA) is 18.5 Å². The molecule has 19 heavy (non-hydrogen) atoms. The maximum absolute atomic E-state index is 5.85. The van der Waals surface area contributed by atoms with Gasteiger partial charge in [-0.1, -0.05) is 18.9 Å². The van der Waals surface area contributed by atoms with Gasteiger partial charge in [-0.05, 0) is 24.6 Å². The summed E-state index contributed by atoms with van der Waals surface area (Å²) in [6.07, 6.45) is 10.8. The molecule has 3 atom stereocenters. The fraction of sp³-hybridized carbons (Fsp3) is 0.412. The third kappa shape index (κ3) is 2.92. The van der Waals surface area contributed by atoms with Crippen LogP contribution in [0.25, 0.3) is 0 Å². The van der Waals surface area contributed by atoms with Crippen molar-refractivity contribution in [3.8, 4) is 30.4 Å². The maximum atomic E-state index is 5.85. The van der Waals surface area contributed by atoms with Gasteiger partial charge in [0.2, 0.25) is 0 Å². The van der Waals surface area contributed by atoms with Crippen molar-refractivity contribution < 1.29 is 9.47 Å². The van der Waals surface area contributed by atoms with Gasteiger partial charge < -0.3 is 9.47 Å². The molecule has 0 aliphatic carbocycles. The first kappa shape index (κ1) is 13.5. The van der Waals surface area contributed by atoms with E-state index in [0.29, 0.717) is 13.2 Å². The van der Waals surface area contributed by atoms with E-state index < -0.39 is 0 Å². The van der Waals surface area contributed by atoms with Gasteiger partial charge in [0.25, 0.3) is 0 Å². The summed E-state index contributed by atoms with van der Waals surface area (Å²) in [5.41, 5.74) is 1.98. The molecule has 1 aromatic rings. The zero-order chi connectivity index (χ0) is 13.8. The van der Waals surface area contributed by atoms with Gasteiger partial charge in [-0.25, -0.2) is 0 Å². The van der Waals surface area contributed by atoms with E-state index in [0.717, 1.165) is 16.9 Å². The monoisotopic (exact) mass is 254 g/mol. The van der Waals surface area contributed by atoms with E-state index in [4.69, 9.17) is 22.3 Å². The fourth-order valence-electron chi connectivity index (χ4n) is 2.15. The van der Waals surface area contributed by atoms with Crippen molar-refractivity contribution in [1.82, 2.24) is 0 Å². The van der Waals surface area contributed by atoms with Crippen LogP contribution >= 0.6 is 0 Å². The quantitative estimate of drug-likeness (QED) is 0.772. The average molecular weight is 254 g/mol. The first-order valence-corrected chi connectivity index (χ1v) is 6.46. The molecule has 1 aliphatic rings. The summed E-state index contributed by atoms with van der Waals surface area (Å²) in [5, 5.41) is 0. The molecule has 2 rings (SSSR count). The first-order valence-electron chi connectivity index (χ1n) is 6.46. The molecule has 0 saturated carbocycles. The Morgan fingerprint density at radius 2 is 2.26 bits per heavy atom. The second-order valence-corrected chi connectivity index (χ2v) is 4.94. The van der Waals surface area contributed by atoms with Crippen LogP contribution in [0, 0.1) is 30.6 Å². The zero-order valence-corrected chi connectivity index (χ0v) is 11.3. The molecule has 2 nitrogen and oxygen atoms in total. The van der Waals surface area contributed by atoms with Gasteiger partial charge in [0.15, 0.2) is 0 Å². The molecule has 0 fully saturated rings. The van der Waals surface area contributed by atoms with Crippen LogP contribution in [-0.2, 0) is 4.74 Å². The number of ether oxygens (including phenoxy) is 2.